The number of hydrogen-bond donors (Lipinski definition) is 1. The summed E-state index contributed by atoms with van der Waals surface area (Å²) >= 11 is 3.09. The normalized spacial score (nSPS) is 16.4. The molecule has 6 heteroatoms. The van der Waals surface area contributed by atoms with Crippen LogP contribution in [0.15, 0.2) is 18.2 Å². The number of halogens is 1. The quantitative estimate of drug-likeness (QED) is 0.675. The van der Waals surface area contributed by atoms with Crippen LogP contribution in [0.5, 0.6) is 11.5 Å². The van der Waals surface area contributed by atoms with Gasteiger partial charge in [-0.05, 0) is 17.7 Å². The Hall–Kier alpha value is -1.27. The van der Waals surface area contributed by atoms with Crippen molar-refractivity contribution in [1.82, 2.24) is 0 Å². The summed E-state index contributed by atoms with van der Waals surface area (Å²) in [6.07, 6.45) is -1.00. The van der Waals surface area contributed by atoms with Crippen molar-refractivity contribution >= 4 is 21.9 Å². The van der Waals surface area contributed by atoms with E-state index in [1.54, 1.807) is 18.2 Å². The van der Waals surface area contributed by atoms with Crippen LogP contribution in [-0.2, 0) is 9.53 Å². The summed E-state index contributed by atoms with van der Waals surface area (Å²) in [5.41, 5.74) is 0.557. The zero-order valence-electron chi connectivity index (χ0n) is 9.05. The van der Waals surface area contributed by atoms with Crippen LogP contribution in [0, 0.1) is 0 Å². The van der Waals surface area contributed by atoms with E-state index in [0.29, 0.717) is 17.1 Å². The molecule has 1 N–H and O–H groups in total. The number of benzene rings is 1. The number of fused-ring (bicyclic) bond motifs is 1. The van der Waals surface area contributed by atoms with Crippen LogP contribution in [0.2, 0.25) is 0 Å². The van der Waals surface area contributed by atoms with Crippen LogP contribution in [0.1, 0.15) is 11.7 Å². The van der Waals surface area contributed by atoms with Crippen LogP contribution in [0.25, 0.3) is 0 Å². The van der Waals surface area contributed by atoms with Gasteiger partial charge in [0, 0.05) is 0 Å². The minimum Gasteiger partial charge on any atom is -0.468 e. The van der Waals surface area contributed by atoms with Crippen molar-refractivity contribution < 1.29 is 24.1 Å². The van der Waals surface area contributed by atoms with Gasteiger partial charge in [0.1, 0.15) is 10.9 Å². The molecule has 1 aromatic carbocycles. The molecule has 0 amide bonds. The van der Waals surface area contributed by atoms with E-state index < -0.39 is 16.9 Å². The van der Waals surface area contributed by atoms with Crippen molar-refractivity contribution in [3.05, 3.63) is 23.8 Å². The van der Waals surface area contributed by atoms with E-state index in [4.69, 9.17) is 9.47 Å². The lowest BCUT2D eigenvalue weighted by molar-refractivity contribution is -0.141. The van der Waals surface area contributed by atoms with E-state index in [2.05, 4.69) is 20.7 Å². The Morgan fingerprint density at radius 2 is 2.18 bits per heavy atom. The third-order valence-electron chi connectivity index (χ3n) is 2.44. The van der Waals surface area contributed by atoms with Gasteiger partial charge in [-0.3, -0.25) is 4.79 Å². The Bertz CT molecular complexity index is 434. The molecule has 1 aliphatic heterocycles. The SMILES string of the molecule is COC(=O)[C@H](Br)[C@H](O)c1ccc2c(c1)OCO2. The molecule has 0 radical (unpaired) electrons. The minimum absolute atomic E-state index is 0.170. The second kappa shape index (κ2) is 4.93. The number of carbonyl (C=O) groups excluding carboxylic acids is 1. The molecule has 0 aromatic heterocycles. The lowest BCUT2D eigenvalue weighted by Crippen LogP contribution is -2.23. The van der Waals surface area contributed by atoms with Gasteiger partial charge in [0.25, 0.3) is 0 Å². The van der Waals surface area contributed by atoms with Gasteiger partial charge < -0.3 is 19.3 Å². The average Bonchev–Trinajstić information content (AvgIpc) is 2.83. The fourth-order valence-corrected chi connectivity index (χ4v) is 2.00. The van der Waals surface area contributed by atoms with Crippen LogP contribution in [0.3, 0.4) is 0 Å². The molecule has 0 saturated carbocycles. The summed E-state index contributed by atoms with van der Waals surface area (Å²) in [5, 5.41) is 9.98. The van der Waals surface area contributed by atoms with Crippen molar-refractivity contribution in [2.24, 2.45) is 0 Å². The predicted octanol–water partition coefficient (Wildman–Crippen LogP) is 1.39. The topological polar surface area (TPSA) is 65.0 Å². The Balaban J connectivity index is 2.19. The van der Waals surface area contributed by atoms with Gasteiger partial charge in [0.05, 0.1) is 7.11 Å². The van der Waals surface area contributed by atoms with Gasteiger partial charge in [-0.15, -0.1) is 0 Å². The smallest absolute Gasteiger partial charge is 0.322 e. The second-order valence-corrected chi connectivity index (χ2v) is 4.47. The highest BCUT2D eigenvalue weighted by atomic mass is 79.9. The van der Waals surface area contributed by atoms with Crippen molar-refractivity contribution in [1.29, 1.82) is 0 Å². The molecule has 0 bridgehead atoms. The first-order valence-corrected chi connectivity index (χ1v) is 5.84. The van der Waals surface area contributed by atoms with Gasteiger partial charge in [-0.1, -0.05) is 22.0 Å². The van der Waals surface area contributed by atoms with E-state index in [9.17, 15) is 9.90 Å². The number of esters is 1. The van der Waals surface area contributed by atoms with Crippen LogP contribution < -0.4 is 9.47 Å². The number of methoxy groups -OCH3 is 1. The lowest BCUT2D eigenvalue weighted by atomic mass is 10.1. The third-order valence-corrected chi connectivity index (χ3v) is 3.32. The molecular weight excluding hydrogens is 292 g/mol. The monoisotopic (exact) mass is 302 g/mol. The summed E-state index contributed by atoms with van der Waals surface area (Å²) in [6, 6.07) is 5.01. The van der Waals surface area contributed by atoms with Crippen LogP contribution in [0.4, 0.5) is 0 Å². The number of aliphatic hydroxyl groups is 1. The highest BCUT2D eigenvalue weighted by Crippen LogP contribution is 2.35. The van der Waals surface area contributed by atoms with E-state index >= 15 is 0 Å². The number of alkyl halides is 1. The maximum Gasteiger partial charge on any atom is 0.322 e. The van der Waals surface area contributed by atoms with Gasteiger partial charge in [0.15, 0.2) is 11.5 Å². The molecule has 0 saturated heterocycles. The standard InChI is InChI=1S/C11H11BrO5/c1-15-11(14)9(12)10(13)6-2-3-7-8(4-6)17-5-16-7/h2-4,9-10,13H,5H2,1H3/t9-,10-/m1/s1. The fraction of sp³-hybridized carbons (Fsp3) is 0.364. The Morgan fingerprint density at radius 1 is 1.47 bits per heavy atom. The largest absolute Gasteiger partial charge is 0.468 e. The van der Waals surface area contributed by atoms with E-state index in [1.807, 2.05) is 0 Å². The highest BCUT2D eigenvalue weighted by Gasteiger charge is 2.27. The maximum atomic E-state index is 11.3. The Kier molecular flexibility index (Phi) is 3.54. The van der Waals surface area contributed by atoms with Gasteiger partial charge in [-0.2, -0.15) is 0 Å². The summed E-state index contributed by atoms with van der Waals surface area (Å²) < 4.78 is 14.9. The first kappa shape index (κ1) is 12.2. The molecule has 2 rings (SSSR count). The van der Waals surface area contributed by atoms with Crippen molar-refractivity contribution in [3.8, 4) is 11.5 Å². The molecular formula is C11H11BrO5. The van der Waals surface area contributed by atoms with Gasteiger partial charge in [0.2, 0.25) is 6.79 Å². The van der Waals surface area contributed by atoms with Gasteiger partial charge in [-0.25, -0.2) is 0 Å². The summed E-state index contributed by atoms with van der Waals surface area (Å²) in [5.74, 6) is 0.659. The highest BCUT2D eigenvalue weighted by molar-refractivity contribution is 9.10. The number of rotatable bonds is 3. The average molecular weight is 303 g/mol. The molecule has 0 aliphatic carbocycles. The molecule has 1 aromatic rings. The molecule has 17 heavy (non-hydrogen) atoms. The Morgan fingerprint density at radius 3 is 2.88 bits per heavy atom. The van der Waals surface area contributed by atoms with E-state index in [0.717, 1.165) is 0 Å². The van der Waals surface area contributed by atoms with E-state index in [-0.39, 0.29) is 6.79 Å². The first-order chi connectivity index (χ1) is 8.13. The number of aliphatic hydroxyl groups excluding tert-OH is 1. The van der Waals surface area contributed by atoms with Crippen molar-refractivity contribution in [2.45, 2.75) is 10.9 Å². The molecule has 0 fully saturated rings. The Labute approximate surface area is 106 Å². The number of hydrogen-bond acceptors (Lipinski definition) is 5. The lowest BCUT2D eigenvalue weighted by Gasteiger charge is -2.15. The number of carbonyl (C=O) groups is 1. The fourth-order valence-electron chi connectivity index (χ4n) is 1.51. The molecule has 92 valence electrons. The van der Waals surface area contributed by atoms with E-state index in [1.165, 1.54) is 7.11 Å². The molecule has 0 spiro atoms. The van der Waals surface area contributed by atoms with Crippen molar-refractivity contribution in [3.63, 3.8) is 0 Å². The molecule has 1 aliphatic rings. The molecule has 5 nitrogen and oxygen atoms in total. The molecule has 2 atom stereocenters. The number of ether oxygens (including phenoxy) is 3. The van der Waals surface area contributed by atoms with Crippen LogP contribution in [-0.4, -0.2) is 29.8 Å². The van der Waals surface area contributed by atoms with Crippen molar-refractivity contribution in [2.75, 3.05) is 13.9 Å². The minimum atomic E-state index is -1.00. The molecule has 1 heterocycles. The van der Waals surface area contributed by atoms with Gasteiger partial charge >= 0.3 is 5.97 Å². The zero-order chi connectivity index (χ0) is 12.4. The second-order valence-electron chi connectivity index (χ2n) is 3.48. The summed E-state index contributed by atoms with van der Waals surface area (Å²) in [4.78, 5) is 10.5. The zero-order valence-corrected chi connectivity index (χ0v) is 10.6. The summed E-state index contributed by atoms with van der Waals surface area (Å²) in [7, 11) is 1.27. The molecule has 0 unspecified atom stereocenters. The maximum absolute atomic E-state index is 11.3. The first-order valence-electron chi connectivity index (χ1n) is 4.93. The third kappa shape index (κ3) is 2.37. The summed E-state index contributed by atoms with van der Waals surface area (Å²) in [6.45, 7) is 0.170. The van der Waals surface area contributed by atoms with Crippen LogP contribution >= 0.6 is 15.9 Å². The predicted molar refractivity (Wildman–Crippen MR) is 62.3 cm³/mol.